The zero-order valence-corrected chi connectivity index (χ0v) is 16.9. The molecule has 0 bridgehead atoms. The molecule has 3 aromatic rings. The van der Waals surface area contributed by atoms with Crippen molar-refractivity contribution in [1.29, 1.82) is 0 Å². The molecule has 29 heavy (non-hydrogen) atoms. The zero-order chi connectivity index (χ0) is 21.0. The Morgan fingerprint density at radius 2 is 2.03 bits per heavy atom. The number of carbonyl (C=O) groups is 1. The van der Waals surface area contributed by atoms with Crippen molar-refractivity contribution in [2.75, 3.05) is 11.1 Å². The predicted octanol–water partition coefficient (Wildman–Crippen LogP) is 3.75. The number of aryl methyl sites for hydroxylation is 1. The summed E-state index contributed by atoms with van der Waals surface area (Å²) in [6.07, 6.45) is 0.745. The van der Waals surface area contributed by atoms with Crippen molar-refractivity contribution in [3.63, 3.8) is 0 Å². The molecule has 0 aliphatic carbocycles. The van der Waals surface area contributed by atoms with Crippen LogP contribution < -0.4 is 10.9 Å². The van der Waals surface area contributed by atoms with E-state index in [4.69, 9.17) is 0 Å². The second-order valence-electron chi connectivity index (χ2n) is 6.48. The number of thioether (sulfide) groups is 1. The van der Waals surface area contributed by atoms with Gasteiger partial charge in [-0.3, -0.25) is 24.3 Å². The van der Waals surface area contributed by atoms with E-state index in [0.29, 0.717) is 22.6 Å². The Bertz CT molecular complexity index is 1140. The smallest absolute Gasteiger partial charge is 0.293 e. The molecule has 1 N–H and O–H groups in total. The maximum absolute atomic E-state index is 12.8. The van der Waals surface area contributed by atoms with Crippen LogP contribution in [-0.4, -0.2) is 26.1 Å². The van der Waals surface area contributed by atoms with Crippen molar-refractivity contribution in [2.45, 2.75) is 32.0 Å². The monoisotopic (exact) mass is 412 g/mol. The summed E-state index contributed by atoms with van der Waals surface area (Å²) >= 11 is 1.13. The highest BCUT2D eigenvalue weighted by atomic mass is 32.2. The second-order valence-corrected chi connectivity index (χ2v) is 7.43. The van der Waals surface area contributed by atoms with Gasteiger partial charge in [0.2, 0.25) is 5.91 Å². The van der Waals surface area contributed by atoms with E-state index in [1.54, 1.807) is 41.8 Å². The van der Waals surface area contributed by atoms with Gasteiger partial charge in [-0.1, -0.05) is 36.9 Å². The van der Waals surface area contributed by atoms with E-state index in [9.17, 15) is 19.7 Å². The highest BCUT2D eigenvalue weighted by Crippen LogP contribution is 2.26. The maximum atomic E-state index is 12.8. The number of benzene rings is 2. The van der Waals surface area contributed by atoms with Crippen LogP contribution in [0.15, 0.2) is 52.4 Å². The molecule has 0 aliphatic heterocycles. The number of nitro benzene ring substituents is 1. The summed E-state index contributed by atoms with van der Waals surface area (Å²) in [6, 6.07) is 11.7. The number of fused-ring (bicyclic) bond motifs is 1. The number of carbonyl (C=O) groups excluding carboxylic acids is 1. The average Bonchev–Trinajstić information content (AvgIpc) is 2.70. The SMILES string of the molecule is CCCn1c(SCC(=O)Nc2ccc(C)cc2[N+](=O)[O-])nc2ccccc2c1=O. The van der Waals surface area contributed by atoms with E-state index in [2.05, 4.69) is 10.3 Å². The summed E-state index contributed by atoms with van der Waals surface area (Å²) in [6.45, 7) is 4.19. The minimum Gasteiger partial charge on any atom is -0.320 e. The van der Waals surface area contributed by atoms with Crippen molar-refractivity contribution >= 4 is 39.9 Å². The first-order valence-electron chi connectivity index (χ1n) is 9.08. The molecule has 3 rings (SSSR count). The van der Waals surface area contributed by atoms with Crippen LogP contribution in [0.5, 0.6) is 0 Å². The van der Waals surface area contributed by atoms with Gasteiger partial charge in [-0.15, -0.1) is 0 Å². The van der Waals surface area contributed by atoms with Gasteiger partial charge in [-0.05, 0) is 37.1 Å². The molecule has 0 aliphatic rings. The average molecular weight is 412 g/mol. The lowest BCUT2D eigenvalue weighted by atomic mass is 10.2. The molecule has 0 saturated heterocycles. The summed E-state index contributed by atoms with van der Waals surface area (Å²) in [5.74, 6) is -0.438. The molecular formula is C20H20N4O4S. The van der Waals surface area contributed by atoms with Gasteiger partial charge in [0.05, 0.1) is 21.6 Å². The number of hydrogen-bond acceptors (Lipinski definition) is 6. The maximum Gasteiger partial charge on any atom is 0.293 e. The molecule has 0 atom stereocenters. The molecule has 0 radical (unpaired) electrons. The second kappa shape index (κ2) is 8.87. The number of hydrogen-bond donors (Lipinski definition) is 1. The molecule has 0 saturated carbocycles. The van der Waals surface area contributed by atoms with Crippen molar-refractivity contribution in [1.82, 2.24) is 9.55 Å². The highest BCUT2D eigenvalue weighted by Gasteiger charge is 2.17. The number of para-hydroxylation sites is 1. The predicted molar refractivity (Wildman–Crippen MR) is 113 cm³/mol. The van der Waals surface area contributed by atoms with Gasteiger partial charge in [0.25, 0.3) is 11.2 Å². The summed E-state index contributed by atoms with van der Waals surface area (Å²) in [5.41, 5.74) is 1.14. The minimum absolute atomic E-state index is 0.0282. The fourth-order valence-electron chi connectivity index (χ4n) is 2.89. The van der Waals surface area contributed by atoms with Crippen LogP contribution in [0.1, 0.15) is 18.9 Å². The van der Waals surface area contributed by atoms with Crippen molar-refractivity contribution in [3.8, 4) is 0 Å². The van der Waals surface area contributed by atoms with Gasteiger partial charge in [0, 0.05) is 12.6 Å². The third-order valence-electron chi connectivity index (χ3n) is 4.23. The number of rotatable bonds is 7. The van der Waals surface area contributed by atoms with E-state index in [1.807, 2.05) is 6.92 Å². The van der Waals surface area contributed by atoms with Gasteiger partial charge in [0.15, 0.2) is 5.16 Å². The van der Waals surface area contributed by atoms with Gasteiger partial charge in [-0.2, -0.15) is 0 Å². The number of nitro groups is 1. The topological polar surface area (TPSA) is 107 Å². The van der Waals surface area contributed by atoms with Gasteiger partial charge < -0.3 is 5.32 Å². The van der Waals surface area contributed by atoms with Crippen LogP contribution in [0.2, 0.25) is 0 Å². The van der Waals surface area contributed by atoms with E-state index < -0.39 is 10.8 Å². The molecule has 0 unspecified atom stereocenters. The first-order chi connectivity index (χ1) is 13.9. The Morgan fingerprint density at radius 1 is 1.28 bits per heavy atom. The quantitative estimate of drug-likeness (QED) is 0.274. The summed E-state index contributed by atoms with van der Waals surface area (Å²) in [7, 11) is 0. The fraction of sp³-hybridized carbons (Fsp3) is 0.250. The lowest BCUT2D eigenvalue weighted by molar-refractivity contribution is -0.384. The van der Waals surface area contributed by atoms with Crippen LogP contribution in [0.3, 0.4) is 0 Å². The Balaban J connectivity index is 1.82. The number of nitrogens with zero attached hydrogens (tertiary/aromatic N) is 3. The Labute approximate surface area is 171 Å². The lowest BCUT2D eigenvalue weighted by Gasteiger charge is -2.12. The van der Waals surface area contributed by atoms with Crippen LogP contribution >= 0.6 is 11.8 Å². The van der Waals surface area contributed by atoms with Crippen molar-refractivity contribution in [2.24, 2.45) is 0 Å². The van der Waals surface area contributed by atoms with Crippen molar-refractivity contribution < 1.29 is 9.72 Å². The van der Waals surface area contributed by atoms with Crippen molar-refractivity contribution in [3.05, 3.63) is 68.5 Å². The Kier molecular flexibility index (Phi) is 6.28. The van der Waals surface area contributed by atoms with E-state index in [0.717, 1.165) is 23.7 Å². The Hall–Kier alpha value is -3.20. The highest BCUT2D eigenvalue weighted by molar-refractivity contribution is 7.99. The molecule has 150 valence electrons. The minimum atomic E-state index is -0.528. The van der Waals surface area contributed by atoms with Crippen LogP contribution in [0.25, 0.3) is 10.9 Å². The van der Waals surface area contributed by atoms with Gasteiger partial charge >= 0.3 is 0 Å². The number of nitrogens with one attached hydrogen (secondary N) is 1. The molecule has 1 aromatic heterocycles. The number of aromatic nitrogens is 2. The molecule has 2 aromatic carbocycles. The fourth-order valence-corrected chi connectivity index (χ4v) is 3.72. The van der Waals surface area contributed by atoms with Crippen LogP contribution in [0.4, 0.5) is 11.4 Å². The van der Waals surface area contributed by atoms with Crippen LogP contribution in [0, 0.1) is 17.0 Å². The first kappa shape index (κ1) is 20.5. The largest absolute Gasteiger partial charge is 0.320 e. The first-order valence-corrected chi connectivity index (χ1v) is 10.1. The normalized spacial score (nSPS) is 10.8. The van der Waals surface area contributed by atoms with Gasteiger partial charge in [0.1, 0.15) is 5.69 Å². The molecule has 0 spiro atoms. The number of amides is 1. The molecule has 1 amide bonds. The van der Waals surface area contributed by atoms with Gasteiger partial charge in [-0.25, -0.2) is 4.98 Å². The van der Waals surface area contributed by atoms with E-state index in [-0.39, 0.29) is 22.7 Å². The molecular weight excluding hydrogens is 392 g/mol. The van der Waals surface area contributed by atoms with E-state index in [1.165, 1.54) is 12.1 Å². The summed E-state index contributed by atoms with van der Waals surface area (Å²) < 4.78 is 1.56. The molecule has 9 heteroatoms. The third-order valence-corrected chi connectivity index (χ3v) is 5.21. The van der Waals surface area contributed by atoms with Crippen LogP contribution in [-0.2, 0) is 11.3 Å². The molecule has 1 heterocycles. The molecule has 8 nitrogen and oxygen atoms in total. The summed E-state index contributed by atoms with van der Waals surface area (Å²) in [4.78, 5) is 40.4. The summed E-state index contributed by atoms with van der Waals surface area (Å²) in [5, 5.41) is 14.8. The lowest BCUT2D eigenvalue weighted by Crippen LogP contribution is -2.24. The Morgan fingerprint density at radius 3 is 2.76 bits per heavy atom. The van der Waals surface area contributed by atoms with E-state index >= 15 is 0 Å². The molecule has 0 fully saturated rings. The standard InChI is InChI=1S/C20H20N4O4S/c1-3-10-23-19(26)14-6-4-5-7-15(14)22-20(23)29-12-18(25)21-16-9-8-13(2)11-17(16)24(27)28/h4-9,11H,3,10,12H2,1-2H3,(H,21,25). The number of anilines is 1. The third kappa shape index (κ3) is 4.62. The zero-order valence-electron chi connectivity index (χ0n) is 16.0.